The number of imidazole rings is 1. The monoisotopic (exact) mass is 395 g/mol. The summed E-state index contributed by atoms with van der Waals surface area (Å²) in [5.41, 5.74) is 5.30. The lowest BCUT2D eigenvalue weighted by Crippen LogP contribution is -1.99. The predicted octanol–water partition coefficient (Wildman–Crippen LogP) is 5.08. The SMILES string of the molecule is COc1ccc(CNc2ccc3c(c2)ncn3-c2ccc(OC)cc2)cc1.Cl. The number of nitrogens with one attached hydrogen (secondary N) is 1. The molecular weight excluding hydrogens is 374 g/mol. The van der Waals surface area contributed by atoms with Gasteiger partial charge in [0.25, 0.3) is 0 Å². The molecule has 6 heteroatoms. The zero-order valence-electron chi connectivity index (χ0n) is 15.8. The lowest BCUT2D eigenvalue weighted by atomic mass is 10.2. The maximum atomic E-state index is 5.23. The Balaban J connectivity index is 0.00000225. The molecule has 0 fully saturated rings. The van der Waals surface area contributed by atoms with Gasteiger partial charge in [0.2, 0.25) is 0 Å². The standard InChI is InChI=1S/C22H21N3O2.ClH/c1-26-19-8-3-16(4-9-19)14-23-17-5-12-22-21(13-17)24-15-25(22)18-6-10-20(27-2)11-7-18;/h3-13,15,23H,14H2,1-2H3;1H. The molecule has 0 bridgehead atoms. The number of methoxy groups -OCH3 is 2. The molecule has 5 nitrogen and oxygen atoms in total. The van der Waals surface area contributed by atoms with E-state index in [2.05, 4.69) is 45.2 Å². The van der Waals surface area contributed by atoms with Gasteiger partial charge >= 0.3 is 0 Å². The number of anilines is 1. The number of hydrogen-bond acceptors (Lipinski definition) is 4. The molecule has 0 saturated carbocycles. The summed E-state index contributed by atoms with van der Waals surface area (Å²) < 4.78 is 12.5. The van der Waals surface area contributed by atoms with Gasteiger partial charge < -0.3 is 14.8 Å². The van der Waals surface area contributed by atoms with Gasteiger partial charge in [0.05, 0.1) is 25.3 Å². The minimum Gasteiger partial charge on any atom is -0.497 e. The molecule has 0 radical (unpaired) electrons. The molecule has 28 heavy (non-hydrogen) atoms. The zero-order chi connectivity index (χ0) is 18.6. The molecule has 144 valence electrons. The molecular formula is C22H22ClN3O2. The van der Waals surface area contributed by atoms with Crippen molar-refractivity contribution in [3.8, 4) is 17.2 Å². The fraction of sp³-hybridized carbons (Fsp3) is 0.136. The van der Waals surface area contributed by atoms with Gasteiger partial charge in [-0.2, -0.15) is 0 Å². The van der Waals surface area contributed by atoms with Gasteiger partial charge in [-0.3, -0.25) is 4.57 Å². The second-order valence-electron chi connectivity index (χ2n) is 6.22. The minimum absolute atomic E-state index is 0. The van der Waals surface area contributed by atoms with Crippen LogP contribution in [0.15, 0.2) is 73.1 Å². The fourth-order valence-corrected chi connectivity index (χ4v) is 3.02. The Morgan fingerprint density at radius 1 is 0.857 bits per heavy atom. The van der Waals surface area contributed by atoms with Gasteiger partial charge in [0.1, 0.15) is 17.8 Å². The Morgan fingerprint density at radius 2 is 1.50 bits per heavy atom. The van der Waals surface area contributed by atoms with Gasteiger partial charge in [0, 0.05) is 17.9 Å². The zero-order valence-corrected chi connectivity index (χ0v) is 16.6. The van der Waals surface area contributed by atoms with Crippen LogP contribution in [0.3, 0.4) is 0 Å². The van der Waals surface area contributed by atoms with Crippen LogP contribution in [0.25, 0.3) is 16.7 Å². The van der Waals surface area contributed by atoms with Gasteiger partial charge in [-0.1, -0.05) is 12.1 Å². The lowest BCUT2D eigenvalue weighted by molar-refractivity contribution is 0.414. The Morgan fingerprint density at radius 3 is 2.14 bits per heavy atom. The molecule has 1 aromatic heterocycles. The van der Waals surface area contributed by atoms with Gasteiger partial charge in [-0.25, -0.2) is 4.98 Å². The summed E-state index contributed by atoms with van der Waals surface area (Å²) in [6, 6.07) is 22.2. The summed E-state index contributed by atoms with van der Waals surface area (Å²) >= 11 is 0. The van der Waals surface area contributed by atoms with Crippen LogP contribution in [0.4, 0.5) is 5.69 Å². The maximum absolute atomic E-state index is 5.23. The van der Waals surface area contributed by atoms with E-state index in [0.717, 1.165) is 40.5 Å². The van der Waals surface area contributed by atoms with E-state index in [1.807, 2.05) is 42.7 Å². The smallest absolute Gasteiger partial charge is 0.119 e. The van der Waals surface area contributed by atoms with Crippen molar-refractivity contribution in [3.05, 3.63) is 78.6 Å². The molecule has 0 amide bonds. The molecule has 3 aromatic carbocycles. The van der Waals surface area contributed by atoms with Crippen LogP contribution in [0.1, 0.15) is 5.56 Å². The predicted molar refractivity (Wildman–Crippen MR) is 115 cm³/mol. The van der Waals surface area contributed by atoms with Crippen LogP contribution in [-0.4, -0.2) is 23.8 Å². The molecule has 0 spiro atoms. The number of nitrogens with zero attached hydrogens (tertiary/aromatic N) is 2. The second kappa shape index (κ2) is 8.67. The quantitative estimate of drug-likeness (QED) is 0.494. The number of rotatable bonds is 6. The number of hydrogen-bond donors (Lipinski definition) is 1. The van der Waals surface area contributed by atoms with Gasteiger partial charge in [-0.05, 0) is 60.2 Å². The van der Waals surface area contributed by atoms with Crippen molar-refractivity contribution < 1.29 is 9.47 Å². The Bertz CT molecular complexity index is 1040. The van der Waals surface area contributed by atoms with Crippen molar-refractivity contribution >= 4 is 29.1 Å². The number of ether oxygens (including phenoxy) is 2. The first-order valence-corrected chi connectivity index (χ1v) is 8.75. The number of halogens is 1. The molecule has 0 unspecified atom stereocenters. The van der Waals surface area contributed by atoms with E-state index >= 15 is 0 Å². The third-order valence-electron chi connectivity index (χ3n) is 4.55. The van der Waals surface area contributed by atoms with E-state index in [1.54, 1.807) is 14.2 Å². The average Bonchev–Trinajstić information content (AvgIpc) is 3.16. The summed E-state index contributed by atoms with van der Waals surface area (Å²) in [6.45, 7) is 0.745. The van der Waals surface area contributed by atoms with Crippen molar-refractivity contribution in [2.75, 3.05) is 19.5 Å². The largest absolute Gasteiger partial charge is 0.497 e. The highest BCUT2D eigenvalue weighted by Crippen LogP contribution is 2.23. The fourth-order valence-electron chi connectivity index (χ4n) is 3.02. The average molecular weight is 396 g/mol. The number of fused-ring (bicyclic) bond motifs is 1. The van der Waals surface area contributed by atoms with E-state index in [4.69, 9.17) is 9.47 Å². The Hall–Kier alpha value is -3.18. The van der Waals surface area contributed by atoms with E-state index in [0.29, 0.717) is 0 Å². The molecule has 4 rings (SSSR count). The second-order valence-corrected chi connectivity index (χ2v) is 6.22. The summed E-state index contributed by atoms with van der Waals surface area (Å²) in [5.74, 6) is 1.71. The third kappa shape index (κ3) is 4.05. The molecule has 0 aliphatic rings. The van der Waals surface area contributed by atoms with Crippen LogP contribution >= 0.6 is 12.4 Å². The highest BCUT2D eigenvalue weighted by atomic mass is 35.5. The summed E-state index contributed by atoms with van der Waals surface area (Å²) in [6.07, 6.45) is 1.85. The van der Waals surface area contributed by atoms with Crippen LogP contribution < -0.4 is 14.8 Å². The van der Waals surface area contributed by atoms with Crippen LogP contribution in [0.5, 0.6) is 11.5 Å². The van der Waals surface area contributed by atoms with E-state index in [9.17, 15) is 0 Å². The third-order valence-corrected chi connectivity index (χ3v) is 4.55. The molecule has 0 aliphatic heterocycles. The van der Waals surface area contributed by atoms with E-state index < -0.39 is 0 Å². The molecule has 1 N–H and O–H groups in total. The first-order valence-electron chi connectivity index (χ1n) is 8.75. The minimum atomic E-state index is 0. The number of aromatic nitrogens is 2. The van der Waals surface area contributed by atoms with Crippen LogP contribution in [0.2, 0.25) is 0 Å². The van der Waals surface area contributed by atoms with Crippen LogP contribution in [-0.2, 0) is 6.54 Å². The van der Waals surface area contributed by atoms with Crippen molar-refractivity contribution in [1.29, 1.82) is 0 Å². The van der Waals surface area contributed by atoms with Crippen molar-refractivity contribution in [2.24, 2.45) is 0 Å². The number of benzene rings is 3. The van der Waals surface area contributed by atoms with Gasteiger partial charge in [-0.15, -0.1) is 12.4 Å². The van der Waals surface area contributed by atoms with E-state index in [-0.39, 0.29) is 12.4 Å². The van der Waals surface area contributed by atoms with Crippen molar-refractivity contribution in [2.45, 2.75) is 6.54 Å². The molecule has 0 aliphatic carbocycles. The molecule has 0 atom stereocenters. The topological polar surface area (TPSA) is 48.3 Å². The maximum Gasteiger partial charge on any atom is 0.119 e. The Kier molecular flexibility index (Phi) is 6.06. The first-order chi connectivity index (χ1) is 13.3. The van der Waals surface area contributed by atoms with Crippen LogP contribution in [0, 0.1) is 0 Å². The molecule has 0 saturated heterocycles. The summed E-state index contributed by atoms with van der Waals surface area (Å²) in [4.78, 5) is 4.55. The highest BCUT2D eigenvalue weighted by molar-refractivity contribution is 5.85. The highest BCUT2D eigenvalue weighted by Gasteiger charge is 2.06. The van der Waals surface area contributed by atoms with Gasteiger partial charge in [0.15, 0.2) is 0 Å². The van der Waals surface area contributed by atoms with Crippen molar-refractivity contribution in [1.82, 2.24) is 9.55 Å². The molecule has 4 aromatic rings. The van der Waals surface area contributed by atoms with E-state index in [1.165, 1.54) is 5.56 Å². The summed E-state index contributed by atoms with van der Waals surface area (Å²) in [7, 11) is 3.34. The summed E-state index contributed by atoms with van der Waals surface area (Å²) in [5, 5.41) is 3.45. The Labute approximate surface area is 170 Å². The molecule has 1 heterocycles. The first kappa shape index (κ1) is 19.6. The van der Waals surface area contributed by atoms with Crippen molar-refractivity contribution in [3.63, 3.8) is 0 Å². The normalized spacial score (nSPS) is 10.4. The lowest BCUT2D eigenvalue weighted by Gasteiger charge is -2.09.